The maximum atomic E-state index is 13.2. The Hall–Kier alpha value is -3.13. The maximum absolute atomic E-state index is 13.2. The molecule has 196 valence electrons. The van der Waals surface area contributed by atoms with E-state index in [-0.39, 0.29) is 23.1 Å². The van der Waals surface area contributed by atoms with Gasteiger partial charge in [-0.15, -0.1) is 0 Å². The van der Waals surface area contributed by atoms with Crippen molar-refractivity contribution in [3.8, 4) is 0 Å². The topological polar surface area (TPSA) is 83.9 Å². The second-order valence-corrected chi connectivity index (χ2v) is 9.72. The molecular weight excluding hydrogens is 456 g/mol. The fourth-order valence-electron chi connectivity index (χ4n) is 4.45. The molecule has 8 heteroatoms. The summed E-state index contributed by atoms with van der Waals surface area (Å²) in [5.41, 5.74) is 2.76. The Kier molecular flexibility index (Phi) is 9.31. The minimum Gasteiger partial charge on any atom is -0.378 e. The number of ether oxygens (including phenoxy) is 1. The molecule has 4 rings (SSSR count). The summed E-state index contributed by atoms with van der Waals surface area (Å²) < 4.78 is 7.05. The third-order valence-corrected chi connectivity index (χ3v) is 6.45. The van der Waals surface area contributed by atoms with Crippen molar-refractivity contribution in [2.24, 2.45) is 5.92 Å². The molecule has 0 unspecified atom stereocenters. The third-order valence-electron chi connectivity index (χ3n) is 6.45. The molecule has 2 amide bonds. The minimum atomic E-state index is -0.449. The highest BCUT2D eigenvalue weighted by molar-refractivity contribution is 6.07. The molecule has 3 heterocycles. The normalized spacial score (nSPS) is 15.2. The standard InChI is InChI=1S/C26H34N4O4.C2H6/c1-17(2)7-9-29-16-19-14-22(23(15-21(19)25(29)32)28-10-12-34-13-11-28)27-24(31)20-6-5-8-30(18(3)4)26(20)33;1-2/h5-6,8,14-15,17-18H,7,9-13,16H2,1-4H3,(H,27,31);1-2H3. The van der Waals surface area contributed by atoms with Gasteiger partial charge in [0.2, 0.25) is 0 Å². The first-order valence-corrected chi connectivity index (χ1v) is 13.1. The fraction of sp³-hybridized carbons (Fsp3) is 0.536. The maximum Gasteiger partial charge on any atom is 0.263 e. The molecule has 1 aromatic heterocycles. The molecule has 0 atom stereocenters. The first kappa shape index (κ1) is 27.5. The number of hydrogen-bond acceptors (Lipinski definition) is 5. The zero-order valence-electron chi connectivity index (χ0n) is 22.5. The number of nitrogens with one attached hydrogen (secondary N) is 1. The molecule has 0 bridgehead atoms. The summed E-state index contributed by atoms with van der Waals surface area (Å²) in [7, 11) is 0. The lowest BCUT2D eigenvalue weighted by Gasteiger charge is -2.31. The molecular formula is C28H40N4O4. The molecule has 8 nitrogen and oxygen atoms in total. The summed E-state index contributed by atoms with van der Waals surface area (Å²) in [6.07, 6.45) is 2.63. The smallest absolute Gasteiger partial charge is 0.263 e. The lowest BCUT2D eigenvalue weighted by atomic mass is 10.1. The van der Waals surface area contributed by atoms with Crippen LogP contribution >= 0.6 is 0 Å². The second-order valence-electron chi connectivity index (χ2n) is 9.72. The number of aromatic nitrogens is 1. The van der Waals surface area contributed by atoms with Gasteiger partial charge in [0.25, 0.3) is 17.4 Å². The van der Waals surface area contributed by atoms with Gasteiger partial charge in [-0.25, -0.2) is 0 Å². The van der Waals surface area contributed by atoms with Crippen LogP contribution in [0.3, 0.4) is 0 Å². The van der Waals surface area contributed by atoms with Crippen LogP contribution in [-0.4, -0.2) is 54.1 Å². The molecule has 0 aliphatic carbocycles. The number of fused-ring (bicyclic) bond motifs is 1. The highest BCUT2D eigenvalue weighted by atomic mass is 16.5. The number of benzene rings is 1. The Morgan fingerprint density at radius 1 is 1.08 bits per heavy atom. The van der Waals surface area contributed by atoms with E-state index >= 15 is 0 Å². The highest BCUT2D eigenvalue weighted by Crippen LogP contribution is 2.35. The molecule has 0 spiro atoms. The van der Waals surface area contributed by atoms with Crippen LogP contribution in [-0.2, 0) is 11.3 Å². The van der Waals surface area contributed by atoms with Crippen LogP contribution in [0.25, 0.3) is 0 Å². The quantitative estimate of drug-likeness (QED) is 0.608. The number of amides is 2. The van der Waals surface area contributed by atoms with Crippen molar-refractivity contribution in [3.63, 3.8) is 0 Å². The summed E-state index contributed by atoms with van der Waals surface area (Å²) in [6.45, 7) is 15.8. The van der Waals surface area contributed by atoms with Gasteiger partial charge in [0.15, 0.2) is 0 Å². The zero-order valence-corrected chi connectivity index (χ0v) is 22.5. The minimum absolute atomic E-state index is 0.0333. The summed E-state index contributed by atoms with van der Waals surface area (Å²) in [4.78, 5) is 43.2. The first-order valence-electron chi connectivity index (χ1n) is 13.1. The van der Waals surface area contributed by atoms with Crippen molar-refractivity contribution in [2.75, 3.05) is 43.1 Å². The summed E-state index contributed by atoms with van der Waals surface area (Å²) in [5, 5.41) is 2.98. The van der Waals surface area contributed by atoms with Crippen molar-refractivity contribution in [1.29, 1.82) is 0 Å². The van der Waals surface area contributed by atoms with Crippen LogP contribution in [0.1, 0.15) is 80.3 Å². The van der Waals surface area contributed by atoms with Gasteiger partial charge in [0.05, 0.1) is 24.6 Å². The fourth-order valence-corrected chi connectivity index (χ4v) is 4.45. The summed E-state index contributed by atoms with van der Waals surface area (Å²) in [6, 6.07) is 7.01. The molecule has 36 heavy (non-hydrogen) atoms. The van der Waals surface area contributed by atoms with Gasteiger partial charge in [-0.05, 0) is 56.0 Å². The lowest BCUT2D eigenvalue weighted by molar-refractivity contribution is 0.0771. The summed E-state index contributed by atoms with van der Waals surface area (Å²) in [5.74, 6) is 0.0948. The van der Waals surface area contributed by atoms with Gasteiger partial charge >= 0.3 is 0 Å². The predicted octanol–water partition coefficient (Wildman–Crippen LogP) is 4.55. The van der Waals surface area contributed by atoms with Crippen molar-refractivity contribution < 1.29 is 14.3 Å². The lowest BCUT2D eigenvalue weighted by Crippen LogP contribution is -2.37. The van der Waals surface area contributed by atoms with E-state index in [2.05, 4.69) is 24.1 Å². The molecule has 2 aromatic rings. The van der Waals surface area contributed by atoms with Gasteiger partial charge in [-0.1, -0.05) is 27.7 Å². The van der Waals surface area contributed by atoms with Gasteiger partial charge in [-0.2, -0.15) is 0 Å². The van der Waals surface area contributed by atoms with E-state index in [4.69, 9.17) is 4.74 Å². The highest BCUT2D eigenvalue weighted by Gasteiger charge is 2.30. The van der Waals surface area contributed by atoms with Crippen molar-refractivity contribution >= 4 is 23.2 Å². The van der Waals surface area contributed by atoms with Crippen molar-refractivity contribution in [3.05, 3.63) is 57.5 Å². The van der Waals surface area contributed by atoms with Gasteiger partial charge in [0, 0.05) is 44.0 Å². The Bertz CT molecular complexity index is 1130. The number of morpholine rings is 1. The van der Waals surface area contributed by atoms with Crippen LogP contribution in [0.2, 0.25) is 0 Å². The molecule has 1 aromatic carbocycles. The Labute approximate surface area is 214 Å². The number of carbonyl (C=O) groups is 2. The largest absolute Gasteiger partial charge is 0.378 e. The predicted molar refractivity (Wildman–Crippen MR) is 144 cm³/mol. The number of nitrogens with zero attached hydrogens (tertiary/aromatic N) is 3. The summed E-state index contributed by atoms with van der Waals surface area (Å²) >= 11 is 0. The van der Waals surface area contributed by atoms with Crippen molar-refractivity contribution in [1.82, 2.24) is 9.47 Å². The first-order chi connectivity index (χ1) is 17.3. The van der Waals surface area contributed by atoms with E-state index in [1.165, 1.54) is 0 Å². The molecule has 0 radical (unpaired) electrons. The van der Waals surface area contributed by atoms with Crippen LogP contribution in [0.5, 0.6) is 0 Å². The van der Waals surface area contributed by atoms with E-state index in [9.17, 15) is 14.4 Å². The number of carbonyl (C=O) groups excluding carboxylic acids is 2. The monoisotopic (exact) mass is 496 g/mol. The van der Waals surface area contributed by atoms with E-state index in [0.717, 1.165) is 17.7 Å². The molecule has 0 saturated carbocycles. The Balaban J connectivity index is 0.00000176. The van der Waals surface area contributed by atoms with Gasteiger partial charge in [-0.3, -0.25) is 14.4 Å². The SMILES string of the molecule is CC.CC(C)CCN1Cc2cc(NC(=O)c3cccn(C(C)C)c3=O)c(N3CCOCC3)cc2C1=O. The van der Waals surface area contributed by atoms with E-state index in [1.807, 2.05) is 44.7 Å². The van der Waals surface area contributed by atoms with E-state index < -0.39 is 5.91 Å². The average molecular weight is 497 g/mol. The number of hydrogen-bond donors (Lipinski definition) is 1. The number of rotatable bonds is 7. The number of pyridine rings is 1. The molecule has 2 aliphatic heterocycles. The number of anilines is 2. The van der Waals surface area contributed by atoms with E-state index in [0.29, 0.717) is 56.6 Å². The molecule has 1 N–H and O–H groups in total. The van der Waals surface area contributed by atoms with Crippen LogP contribution in [0.4, 0.5) is 11.4 Å². The molecule has 1 saturated heterocycles. The Morgan fingerprint density at radius 2 is 1.78 bits per heavy atom. The van der Waals surface area contributed by atoms with Gasteiger partial charge in [0.1, 0.15) is 5.56 Å². The molecule has 1 fully saturated rings. The van der Waals surface area contributed by atoms with Crippen LogP contribution in [0, 0.1) is 5.92 Å². The van der Waals surface area contributed by atoms with Crippen LogP contribution < -0.4 is 15.8 Å². The molecule has 2 aliphatic rings. The average Bonchev–Trinajstić information content (AvgIpc) is 3.18. The zero-order chi connectivity index (χ0) is 26.4. The second kappa shape index (κ2) is 12.2. The Morgan fingerprint density at radius 3 is 2.42 bits per heavy atom. The van der Waals surface area contributed by atoms with Crippen molar-refractivity contribution in [2.45, 2.75) is 60.5 Å². The van der Waals surface area contributed by atoms with Gasteiger partial charge < -0.3 is 24.4 Å². The van der Waals surface area contributed by atoms with Crippen LogP contribution in [0.15, 0.2) is 35.3 Å². The third kappa shape index (κ3) is 5.98. The van der Waals surface area contributed by atoms with E-state index in [1.54, 1.807) is 22.9 Å².